The highest BCUT2D eigenvalue weighted by atomic mass is 32.1. The van der Waals surface area contributed by atoms with Gasteiger partial charge < -0.3 is 10.1 Å². The lowest BCUT2D eigenvalue weighted by Gasteiger charge is -2.19. The fraction of sp³-hybridized carbons (Fsp3) is 0.412. The zero-order valence-electron chi connectivity index (χ0n) is 13.1. The topological polar surface area (TPSA) is 51.2 Å². The average molecular weight is 316 g/mol. The molecule has 116 valence electrons. The van der Waals surface area contributed by atoms with Crippen molar-refractivity contribution in [3.63, 3.8) is 0 Å². The summed E-state index contributed by atoms with van der Waals surface area (Å²) >= 11 is 1.54. The molecule has 4 nitrogen and oxygen atoms in total. The summed E-state index contributed by atoms with van der Waals surface area (Å²) in [6, 6.07) is 8.09. The molecule has 0 bridgehead atoms. The van der Waals surface area contributed by atoms with Crippen LogP contribution in [-0.4, -0.2) is 11.0 Å². The van der Waals surface area contributed by atoms with Gasteiger partial charge in [-0.3, -0.25) is 4.79 Å². The zero-order valence-corrected chi connectivity index (χ0v) is 13.9. The summed E-state index contributed by atoms with van der Waals surface area (Å²) in [5.74, 6) is -0.120. The van der Waals surface area contributed by atoms with Gasteiger partial charge in [0, 0.05) is 17.5 Å². The van der Waals surface area contributed by atoms with Gasteiger partial charge in [-0.25, -0.2) is 4.98 Å². The number of aryl methyl sites for hydroxylation is 1. The summed E-state index contributed by atoms with van der Waals surface area (Å²) in [5.41, 5.74) is 2.45. The molecule has 0 amide bonds. The van der Waals surface area contributed by atoms with Crippen LogP contribution in [0.5, 0.6) is 0 Å². The van der Waals surface area contributed by atoms with E-state index in [1.165, 1.54) is 16.9 Å². The van der Waals surface area contributed by atoms with Gasteiger partial charge in [-0.2, -0.15) is 0 Å². The first-order valence-corrected chi connectivity index (χ1v) is 8.41. The number of hydrogen-bond acceptors (Lipinski definition) is 5. The summed E-state index contributed by atoms with van der Waals surface area (Å²) in [4.78, 5) is 16.5. The van der Waals surface area contributed by atoms with Crippen molar-refractivity contribution in [2.45, 2.75) is 39.2 Å². The fourth-order valence-electron chi connectivity index (χ4n) is 2.77. The largest absolute Gasteiger partial charge is 0.453 e. The second kappa shape index (κ2) is 5.72. The van der Waals surface area contributed by atoms with Crippen LogP contribution < -0.4 is 5.32 Å². The molecule has 1 aliphatic heterocycles. The Kier molecular flexibility index (Phi) is 3.91. The molecular formula is C17H20N2O2S. The van der Waals surface area contributed by atoms with Crippen LogP contribution in [0.2, 0.25) is 0 Å². The van der Waals surface area contributed by atoms with Crippen molar-refractivity contribution in [1.29, 1.82) is 0 Å². The molecule has 3 rings (SSSR count). The molecule has 2 unspecified atom stereocenters. The van der Waals surface area contributed by atoms with E-state index in [-0.39, 0.29) is 11.9 Å². The second-order valence-electron chi connectivity index (χ2n) is 5.94. The molecular weight excluding hydrogens is 296 g/mol. The number of aromatic nitrogens is 1. The minimum atomic E-state index is -0.597. The Bertz CT molecular complexity index is 697. The summed E-state index contributed by atoms with van der Waals surface area (Å²) in [7, 11) is 0. The normalized spacial score (nSPS) is 24.3. The van der Waals surface area contributed by atoms with E-state index in [1.54, 1.807) is 0 Å². The van der Waals surface area contributed by atoms with Crippen LogP contribution >= 0.6 is 11.3 Å². The van der Waals surface area contributed by atoms with Gasteiger partial charge in [0.15, 0.2) is 10.7 Å². The van der Waals surface area contributed by atoms with Crippen LogP contribution in [0.25, 0.3) is 0 Å². The first-order valence-electron chi connectivity index (χ1n) is 7.53. The molecule has 1 fully saturated rings. The van der Waals surface area contributed by atoms with Crippen LogP contribution in [0.1, 0.15) is 37.9 Å². The van der Waals surface area contributed by atoms with Gasteiger partial charge in [0.2, 0.25) is 0 Å². The number of nitrogens with one attached hydrogen (secondary N) is 1. The summed E-state index contributed by atoms with van der Waals surface area (Å²) in [6.45, 7) is 6.03. The Morgan fingerprint density at radius 3 is 2.91 bits per heavy atom. The van der Waals surface area contributed by atoms with Gasteiger partial charge >= 0.3 is 5.97 Å². The third kappa shape index (κ3) is 2.73. The highest BCUT2D eigenvalue weighted by Gasteiger charge is 2.45. The van der Waals surface area contributed by atoms with Crippen molar-refractivity contribution >= 4 is 28.1 Å². The molecule has 0 saturated carbocycles. The maximum absolute atomic E-state index is 11.9. The fourth-order valence-corrected chi connectivity index (χ4v) is 3.62. The lowest BCUT2D eigenvalue weighted by Crippen LogP contribution is -2.21. The van der Waals surface area contributed by atoms with Crippen molar-refractivity contribution in [2.24, 2.45) is 5.92 Å². The number of rotatable bonds is 4. The molecule has 2 atom stereocenters. The van der Waals surface area contributed by atoms with Crippen LogP contribution in [-0.2, 0) is 15.1 Å². The number of ether oxygens (including phenoxy) is 1. The molecule has 2 heterocycles. The number of nitrogens with zero attached hydrogens (tertiary/aromatic N) is 1. The number of esters is 1. The van der Waals surface area contributed by atoms with Crippen LogP contribution in [0, 0.1) is 12.8 Å². The van der Waals surface area contributed by atoms with E-state index in [4.69, 9.17) is 4.74 Å². The summed E-state index contributed by atoms with van der Waals surface area (Å²) in [5, 5.41) is 6.14. The van der Waals surface area contributed by atoms with Crippen molar-refractivity contribution in [3.8, 4) is 0 Å². The zero-order chi connectivity index (χ0) is 15.7. The monoisotopic (exact) mass is 316 g/mol. The highest BCUT2D eigenvalue weighted by molar-refractivity contribution is 7.13. The van der Waals surface area contributed by atoms with E-state index >= 15 is 0 Å². The van der Waals surface area contributed by atoms with Crippen molar-refractivity contribution < 1.29 is 9.53 Å². The average Bonchev–Trinajstić information content (AvgIpc) is 3.07. The SMILES string of the molecule is CCC1CC(C)(c2csc(Nc3ccccc3C)n2)OC1=O. The third-order valence-corrected chi connectivity index (χ3v) is 4.98. The van der Waals surface area contributed by atoms with E-state index in [1.807, 2.05) is 37.4 Å². The minimum Gasteiger partial charge on any atom is -0.453 e. The predicted octanol–water partition coefficient (Wildman–Crippen LogP) is 4.38. The molecule has 1 aliphatic rings. The van der Waals surface area contributed by atoms with E-state index in [0.29, 0.717) is 6.42 Å². The van der Waals surface area contributed by atoms with E-state index in [9.17, 15) is 4.79 Å². The first kappa shape index (κ1) is 15.0. The molecule has 0 aliphatic carbocycles. The lowest BCUT2D eigenvalue weighted by molar-refractivity contribution is -0.150. The van der Waals surface area contributed by atoms with Gasteiger partial charge in [0.05, 0.1) is 11.6 Å². The number of benzene rings is 1. The Morgan fingerprint density at radius 1 is 1.45 bits per heavy atom. The number of cyclic esters (lactones) is 1. The second-order valence-corrected chi connectivity index (χ2v) is 6.80. The predicted molar refractivity (Wildman–Crippen MR) is 88.4 cm³/mol. The Morgan fingerprint density at radius 2 is 2.23 bits per heavy atom. The highest BCUT2D eigenvalue weighted by Crippen LogP contribution is 2.41. The number of carbonyl (C=O) groups excluding carboxylic acids is 1. The molecule has 2 aromatic rings. The Hall–Kier alpha value is -1.88. The van der Waals surface area contributed by atoms with Crippen LogP contribution in [0.15, 0.2) is 29.6 Å². The number of thiazole rings is 1. The van der Waals surface area contributed by atoms with Crippen LogP contribution in [0.3, 0.4) is 0 Å². The van der Waals surface area contributed by atoms with Gasteiger partial charge in [-0.15, -0.1) is 11.3 Å². The van der Waals surface area contributed by atoms with Crippen molar-refractivity contribution in [3.05, 3.63) is 40.9 Å². The van der Waals surface area contributed by atoms with E-state index in [2.05, 4.69) is 23.3 Å². The van der Waals surface area contributed by atoms with Gasteiger partial charge in [-0.05, 0) is 31.9 Å². The van der Waals surface area contributed by atoms with Crippen LogP contribution in [0.4, 0.5) is 10.8 Å². The quantitative estimate of drug-likeness (QED) is 0.850. The smallest absolute Gasteiger partial charge is 0.310 e. The Labute approximate surface area is 134 Å². The summed E-state index contributed by atoms with van der Waals surface area (Å²) in [6.07, 6.45) is 1.52. The standard InChI is InChI=1S/C17H20N2O2S/c1-4-12-9-17(3,21-15(12)20)14-10-22-16(19-14)18-13-8-6-5-7-11(13)2/h5-8,10,12H,4,9H2,1-3H3,(H,18,19). The Balaban J connectivity index is 1.80. The molecule has 1 saturated heterocycles. The van der Waals surface area contributed by atoms with Crippen molar-refractivity contribution in [2.75, 3.05) is 5.32 Å². The number of para-hydroxylation sites is 1. The first-order chi connectivity index (χ1) is 10.5. The molecule has 22 heavy (non-hydrogen) atoms. The molecule has 1 aromatic heterocycles. The molecule has 0 spiro atoms. The van der Waals surface area contributed by atoms with Gasteiger partial charge in [0.25, 0.3) is 0 Å². The number of anilines is 2. The van der Waals surface area contributed by atoms with E-state index < -0.39 is 5.60 Å². The van der Waals surface area contributed by atoms with E-state index in [0.717, 1.165) is 22.9 Å². The molecule has 0 radical (unpaired) electrons. The maximum Gasteiger partial charge on any atom is 0.310 e. The molecule has 1 N–H and O–H groups in total. The minimum absolute atomic E-state index is 0.0144. The molecule has 1 aromatic carbocycles. The van der Waals surface area contributed by atoms with Gasteiger partial charge in [-0.1, -0.05) is 25.1 Å². The maximum atomic E-state index is 11.9. The molecule has 5 heteroatoms. The number of carbonyl (C=O) groups is 1. The number of hydrogen-bond donors (Lipinski definition) is 1. The summed E-state index contributed by atoms with van der Waals surface area (Å²) < 4.78 is 5.60. The lowest BCUT2D eigenvalue weighted by atomic mass is 9.92. The van der Waals surface area contributed by atoms with Gasteiger partial charge in [0.1, 0.15) is 0 Å². The third-order valence-electron chi connectivity index (χ3n) is 4.22. The van der Waals surface area contributed by atoms with Crippen molar-refractivity contribution in [1.82, 2.24) is 4.98 Å².